The molecule has 6 heteroatoms. The summed E-state index contributed by atoms with van der Waals surface area (Å²) in [6.45, 7) is 2.95. The first kappa shape index (κ1) is 14.5. The predicted molar refractivity (Wildman–Crippen MR) is 73.0 cm³/mol. The van der Waals surface area contributed by atoms with Crippen LogP contribution in [0.5, 0.6) is 5.88 Å². The third-order valence-electron chi connectivity index (χ3n) is 3.25. The molecule has 6 nitrogen and oxygen atoms in total. The third kappa shape index (κ3) is 3.14. The monoisotopic (exact) mass is 277 g/mol. The van der Waals surface area contributed by atoms with Crippen molar-refractivity contribution in [3.8, 4) is 5.88 Å². The maximum Gasteiger partial charge on any atom is 0.246 e. The van der Waals surface area contributed by atoms with E-state index in [2.05, 4.69) is 10.3 Å². The zero-order chi connectivity index (χ0) is 14.5. The predicted octanol–water partition coefficient (Wildman–Crippen LogP) is 0.717. The Balaban J connectivity index is 1.94. The largest absolute Gasteiger partial charge is 0.481 e. The van der Waals surface area contributed by atoms with Crippen molar-refractivity contribution in [3.05, 3.63) is 23.9 Å². The molecule has 1 atom stereocenters. The van der Waals surface area contributed by atoms with Crippen LogP contribution in [-0.4, -0.2) is 41.4 Å². The van der Waals surface area contributed by atoms with E-state index in [9.17, 15) is 9.59 Å². The average Bonchev–Trinajstić information content (AvgIpc) is 2.73. The van der Waals surface area contributed by atoms with Crippen molar-refractivity contribution >= 4 is 11.8 Å². The molecule has 1 N–H and O–H groups in total. The first-order valence-electron chi connectivity index (χ1n) is 6.72. The highest BCUT2D eigenvalue weighted by Gasteiger charge is 2.37. The number of pyridine rings is 1. The summed E-state index contributed by atoms with van der Waals surface area (Å²) in [5.74, 6) is 0.310. The topological polar surface area (TPSA) is 71.5 Å². The lowest BCUT2D eigenvalue weighted by Gasteiger charge is -2.14. The Bertz CT molecular complexity index is 504. The van der Waals surface area contributed by atoms with Gasteiger partial charge in [-0.25, -0.2) is 4.98 Å². The summed E-state index contributed by atoms with van der Waals surface area (Å²) in [6, 6.07) is 3.23. The van der Waals surface area contributed by atoms with Crippen molar-refractivity contribution in [1.82, 2.24) is 15.2 Å². The van der Waals surface area contributed by atoms with Gasteiger partial charge >= 0.3 is 0 Å². The van der Waals surface area contributed by atoms with E-state index in [0.29, 0.717) is 19.0 Å². The number of nitrogens with zero attached hydrogens (tertiary/aromatic N) is 2. The zero-order valence-corrected chi connectivity index (χ0v) is 11.8. The average molecular weight is 277 g/mol. The molecule has 2 heterocycles. The van der Waals surface area contributed by atoms with E-state index in [4.69, 9.17) is 4.74 Å². The molecule has 0 aromatic carbocycles. The summed E-state index contributed by atoms with van der Waals surface area (Å²) in [4.78, 5) is 29.1. The Morgan fingerprint density at radius 1 is 1.50 bits per heavy atom. The van der Waals surface area contributed by atoms with Crippen LogP contribution in [0.2, 0.25) is 0 Å². The van der Waals surface area contributed by atoms with Crippen molar-refractivity contribution in [1.29, 1.82) is 0 Å². The van der Waals surface area contributed by atoms with Gasteiger partial charge in [-0.15, -0.1) is 0 Å². The number of nitrogens with one attached hydrogen (secondary N) is 1. The van der Waals surface area contributed by atoms with Crippen LogP contribution < -0.4 is 10.1 Å². The van der Waals surface area contributed by atoms with E-state index >= 15 is 0 Å². The Kier molecular flexibility index (Phi) is 4.68. The lowest BCUT2D eigenvalue weighted by atomic mass is 10.2. The second kappa shape index (κ2) is 6.47. The molecular weight excluding hydrogens is 258 g/mol. The second-order valence-corrected chi connectivity index (χ2v) is 4.73. The fourth-order valence-corrected chi connectivity index (χ4v) is 2.21. The summed E-state index contributed by atoms with van der Waals surface area (Å²) >= 11 is 0. The Morgan fingerprint density at radius 3 is 3.00 bits per heavy atom. The number of methoxy groups -OCH3 is 1. The SMILES string of the molecule is CCCN1C(=O)CC(NCc2ccnc(OC)c2)C1=O. The van der Waals surface area contributed by atoms with Crippen LogP contribution in [0.1, 0.15) is 25.3 Å². The van der Waals surface area contributed by atoms with E-state index in [-0.39, 0.29) is 18.2 Å². The third-order valence-corrected chi connectivity index (χ3v) is 3.25. The van der Waals surface area contributed by atoms with Crippen molar-refractivity contribution in [2.24, 2.45) is 0 Å². The molecule has 1 aliphatic rings. The van der Waals surface area contributed by atoms with Crippen LogP contribution in [0.4, 0.5) is 0 Å². The van der Waals surface area contributed by atoms with Crippen molar-refractivity contribution in [2.75, 3.05) is 13.7 Å². The highest BCUT2D eigenvalue weighted by Crippen LogP contribution is 2.15. The first-order chi connectivity index (χ1) is 9.65. The van der Waals surface area contributed by atoms with Gasteiger partial charge in [-0.3, -0.25) is 14.5 Å². The molecule has 0 radical (unpaired) electrons. The molecule has 1 saturated heterocycles. The van der Waals surface area contributed by atoms with Crippen LogP contribution in [0.3, 0.4) is 0 Å². The number of aromatic nitrogens is 1. The van der Waals surface area contributed by atoms with Gasteiger partial charge in [0.05, 0.1) is 19.6 Å². The molecule has 0 spiro atoms. The molecule has 1 aliphatic heterocycles. The number of rotatable bonds is 6. The number of amides is 2. The number of carbonyl (C=O) groups excluding carboxylic acids is 2. The van der Waals surface area contributed by atoms with E-state index in [0.717, 1.165) is 12.0 Å². The van der Waals surface area contributed by atoms with Gasteiger partial charge in [0.1, 0.15) is 0 Å². The molecule has 0 bridgehead atoms. The Labute approximate surface area is 118 Å². The van der Waals surface area contributed by atoms with Gasteiger partial charge in [0.25, 0.3) is 0 Å². The molecule has 1 fully saturated rings. The Hall–Kier alpha value is -1.95. The summed E-state index contributed by atoms with van der Waals surface area (Å²) < 4.78 is 5.05. The van der Waals surface area contributed by atoms with Crippen LogP contribution in [0.15, 0.2) is 18.3 Å². The number of imide groups is 1. The fourth-order valence-electron chi connectivity index (χ4n) is 2.21. The quantitative estimate of drug-likeness (QED) is 0.776. The number of hydrogen-bond acceptors (Lipinski definition) is 5. The van der Waals surface area contributed by atoms with Gasteiger partial charge in [0, 0.05) is 25.4 Å². The van der Waals surface area contributed by atoms with Crippen molar-refractivity contribution in [2.45, 2.75) is 32.4 Å². The van der Waals surface area contributed by atoms with Crippen LogP contribution in [0, 0.1) is 0 Å². The first-order valence-corrected chi connectivity index (χ1v) is 6.72. The standard InChI is InChI=1S/C14H19N3O3/c1-3-6-17-13(18)8-11(14(17)19)16-9-10-4-5-15-12(7-10)20-2/h4-5,7,11,16H,3,6,8-9H2,1-2H3. The highest BCUT2D eigenvalue weighted by molar-refractivity contribution is 6.05. The normalized spacial score (nSPS) is 18.7. The maximum absolute atomic E-state index is 12.1. The van der Waals surface area contributed by atoms with Crippen molar-refractivity contribution < 1.29 is 14.3 Å². The van der Waals surface area contributed by atoms with Gasteiger partial charge in [-0.1, -0.05) is 6.92 Å². The lowest BCUT2D eigenvalue weighted by molar-refractivity contribution is -0.138. The maximum atomic E-state index is 12.1. The van der Waals surface area contributed by atoms with Gasteiger partial charge < -0.3 is 10.1 Å². The van der Waals surface area contributed by atoms with Gasteiger partial charge in [0.15, 0.2) is 0 Å². The minimum Gasteiger partial charge on any atom is -0.481 e. The minimum absolute atomic E-state index is 0.0957. The van der Waals surface area contributed by atoms with Crippen LogP contribution in [0.25, 0.3) is 0 Å². The molecule has 1 unspecified atom stereocenters. The zero-order valence-electron chi connectivity index (χ0n) is 11.8. The van der Waals surface area contributed by atoms with Gasteiger partial charge in [-0.2, -0.15) is 0 Å². The number of likely N-dealkylation sites (tertiary alicyclic amines) is 1. The molecule has 1 aromatic rings. The van der Waals surface area contributed by atoms with Crippen molar-refractivity contribution in [3.63, 3.8) is 0 Å². The molecule has 0 saturated carbocycles. The Morgan fingerprint density at radius 2 is 2.30 bits per heavy atom. The molecule has 2 amide bonds. The number of ether oxygens (including phenoxy) is 1. The summed E-state index contributed by atoms with van der Waals surface area (Å²) in [7, 11) is 1.56. The van der Waals surface area contributed by atoms with E-state index in [1.807, 2.05) is 13.0 Å². The molecule has 1 aromatic heterocycles. The molecule has 108 valence electrons. The highest BCUT2D eigenvalue weighted by atomic mass is 16.5. The lowest BCUT2D eigenvalue weighted by Crippen LogP contribution is -2.38. The minimum atomic E-state index is -0.423. The van der Waals surface area contributed by atoms with Crippen LogP contribution >= 0.6 is 0 Å². The molecule has 0 aliphatic carbocycles. The van der Waals surface area contributed by atoms with E-state index in [1.165, 1.54) is 4.90 Å². The molecule has 20 heavy (non-hydrogen) atoms. The summed E-state index contributed by atoms with van der Waals surface area (Å²) in [5, 5.41) is 3.12. The number of carbonyl (C=O) groups is 2. The van der Waals surface area contributed by atoms with Gasteiger partial charge in [0.2, 0.25) is 17.7 Å². The summed E-state index contributed by atoms with van der Waals surface area (Å²) in [6.07, 6.45) is 2.67. The van der Waals surface area contributed by atoms with E-state index in [1.54, 1.807) is 19.4 Å². The summed E-state index contributed by atoms with van der Waals surface area (Å²) in [5.41, 5.74) is 0.964. The van der Waals surface area contributed by atoms with Gasteiger partial charge in [-0.05, 0) is 18.1 Å². The van der Waals surface area contributed by atoms with E-state index < -0.39 is 6.04 Å². The van der Waals surface area contributed by atoms with Crippen LogP contribution in [-0.2, 0) is 16.1 Å². The number of hydrogen-bond donors (Lipinski definition) is 1. The molecular formula is C14H19N3O3. The molecule has 2 rings (SSSR count). The smallest absolute Gasteiger partial charge is 0.246 e. The fraction of sp³-hybridized carbons (Fsp3) is 0.500. The second-order valence-electron chi connectivity index (χ2n) is 4.73.